The van der Waals surface area contributed by atoms with Gasteiger partial charge in [-0.25, -0.2) is 13.9 Å². The summed E-state index contributed by atoms with van der Waals surface area (Å²) in [7, 11) is 0. The number of ether oxygens (including phenoxy) is 1. The first-order valence-electron chi connectivity index (χ1n) is 7.03. The monoisotopic (exact) mass is 290 g/mol. The van der Waals surface area contributed by atoms with Crippen LogP contribution in [-0.2, 0) is 26.1 Å². The number of rotatable bonds is 2. The molecule has 2 aromatic rings. The number of hydrogen-bond donors (Lipinski definition) is 1. The number of benzene rings is 1. The minimum atomic E-state index is -0.265. The summed E-state index contributed by atoms with van der Waals surface area (Å²) in [6.07, 6.45) is 0.421. The van der Waals surface area contributed by atoms with Gasteiger partial charge in [-0.05, 0) is 18.2 Å². The summed E-state index contributed by atoms with van der Waals surface area (Å²) in [5.41, 5.74) is 0.746. The average molecular weight is 290 g/mol. The zero-order valence-electron chi connectivity index (χ0n) is 11.4. The first-order valence-corrected chi connectivity index (χ1v) is 7.03. The van der Waals surface area contributed by atoms with E-state index in [9.17, 15) is 9.18 Å². The fraction of sp³-hybridized carbons (Fsp3) is 0.429. The highest BCUT2D eigenvalue weighted by molar-refractivity contribution is 5.37. The fourth-order valence-electron chi connectivity index (χ4n) is 2.94. The van der Waals surface area contributed by atoms with Crippen LogP contribution < -0.4 is 15.7 Å². The zero-order valence-corrected chi connectivity index (χ0v) is 11.4. The molecular formula is C14H15FN4O2. The molecule has 0 aliphatic carbocycles. The lowest BCUT2D eigenvalue weighted by atomic mass is 10.1. The highest BCUT2D eigenvalue weighted by atomic mass is 19.1. The van der Waals surface area contributed by atoms with Crippen molar-refractivity contribution in [1.29, 1.82) is 0 Å². The van der Waals surface area contributed by atoms with Gasteiger partial charge in [-0.1, -0.05) is 0 Å². The lowest BCUT2D eigenvalue weighted by Crippen LogP contribution is -2.35. The van der Waals surface area contributed by atoms with Crippen molar-refractivity contribution in [1.82, 2.24) is 19.7 Å². The molecule has 21 heavy (non-hydrogen) atoms. The number of hydrogen-bond acceptors (Lipinski definition) is 4. The van der Waals surface area contributed by atoms with Gasteiger partial charge in [-0.2, -0.15) is 5.10 Å². The third-order valence-electron chi connectivity index (χ3n) is 3.94. The van der Waals surface area contributed by atoms with E-state index in [0.29, 0.717) is 31.8 Å². The maximum Gasteiger partial charge on any atom is 0.346 e. The van der Waals surface area contributed by atoms with E-state index in [1.54, 1.807) is 10.6 Å². The normalized spacial score (nSPS) is 20.0. The van der Waals surface area contributed by atoms with E-state index in [-0.39, 0.29) is 17.6 Å². The van der Waals surface area contributed by atoms with Crippen molar-refractivity contribution in [2.45, 2.75) is 32.2 Å². The van der Waals surface area contributed by atoms with Gasteiger partial charge in [0.1, 0.15) is 23.5 Å². The lowest BCUT2D eigenvalue weighted by Gasteiger charge is -2.11. The van der Waals surface area contributed by atoms with Crippen molar-refractivity contribution in [3.05, 3.63) is 45.9 Å². The SMILES string of the molecule is O=c1n(CC2Cc3cc(F)ccc3O2)nc2n1CCNC2. The maximum absolute atomic E-state index is 13.2. The Hall–Kier alpha value is -2.15. The topological polar surface area (TPSA) is 61.1 Å². The van der Waals surface area contributed by atoms with Gasteiger partial charge in [-0.15, -0.1) is 0 Å². The fourth-order valence-corrected chi connectivity index (χ4v) is 2.94. The van der Waals surface area contributed by atoms with Crippen LogP contribution in [0.5, 0.6) is 5.75 Å². The summed E-state index contributed by atoms with van der Waals surface area (Å²) in [4.78, 5) is 12.2. The Morgan fingerprint density at radius 1 is 1.48 bits per heavy atom. The minimum Gasteiger partial charge on any atom is -0.488 e. The molecule has 2 aliphatic heterocycles. The van der Waals surface area contributed by atoms with Crippen LogP contribution in [0.15, 0.2) is 23.0 Å². The van der Waals surface area contributed by atoms with Gasteiger partial charge in [0.2, 0.25) is 0 Å². The Labute approximate surface area is 120 Å². The Bertz CT molecular complexity index is 752. The van der Waals surface area contributed by atoms with Gasteiger partial charge in [-0.3, -0.25) is 4.57 Å². The molecule has 0 saturated carbocycles. The molecule has 0 amide bonds. The molecule has 110 valence electrons. The number of halogens is 1. The van der Waals surface area contributed by atoms with E-state index in [4.69, 9.17) is 4.74 Å². The molecule has 0 fully saturated rings. The molecular weight excluding hydrogens is 275 g/mol. The number of nitrogens with zero attached hydrogens (tertiary/aromatic N) is 3. The van der Waals surface area contributed by atoms with Crippen LogP contribution in [0, 0.1) is 5.82 Å². The van der Waals surface area contributed by atoms with Gasteiger partial charge < -0.3 is 10.1 Å². The standard InChI is InChI=1S/C14H15FN4O2/c15-10-1-2-12-9(5-10)6-11(21-12)8-19-14(20)18-4-3-16-7-13(18)17-19/h1-2,5,11,16H,3-4,6-8H2. The second-order valence-corrected chi connectivity index (χ2v) is 5.41. The Kier molecular flexibility index (Phi) is 2.81. The van der Waals surface area contributed by atoms with Crippen LogP contribution in [0.1, 0.15) is 11.4 Å². The van der Waals surface area contributed by atoms with E-state index >= 15 is 0 Å². The van der Waals surface area contributed by atoms with Crippen LogP contribution in [-0.4, -0.2) is 27.0 Å². The van der Waals surface area contributed by atoms with Gasteiger partial charge in [0.25, 0.3) is 0 Å². The van der Waals surface area contributed by atoms with E-state index < -0.39 is 0 Å². The molecule has 7 heteroatoms. The van der Waals surface area contributed by atoms with E-state index in [1.807, 2.05) is 0 Å². The molecule has 1 aromatic carbocycles. The molecule has 0 radical (unpaired) electrons. The number of fused-ring (bicyclic) bond motifs is 2. The summed E-state index contributed by atoms with van der Waals surface area (Å²) in [5.74, 6) is 1.19. The first-order chi connectivity index (χ1) is 10.2. The quantitative estimate of drug-likeness (QED) is 0.863. The number of aromatic nitrogens is 3. The zero-order chi connectivity index (χ0) is 14.4. The second kappa shape index (κ2) is 4.70. The van der Waals surface area contributed by atoms with Crippen LogP contribution in [0.3, 0.4) is 0 Å². The van der Waals surface area contributed by atoms with Gasteiger partial charge in [0, 0.05) is 25.1 Å². The molecule has 3 heterocycles. The molecule has 1 aromatic heterocycles. The van der Waals surface area contributed by atoms with Gasteiger partial charge in [0.15, 0.2) is 0 Å². The molecule has 0 bridgehead atoms. The molecule has 6 nitrogen and oxygen atoms in total. The second-order valence-electron chi connectivity index (χ2n) is 5.41. The predicted molar refractivity (Wildman–Crippen MR) is 72.7 cm³/mol. The number of nitrogens with one attached hydrogen (secondary N) is 1. The summed E-state index contributed by atoms with van der Waals surface area (Å²) < 4.78 is 22.1. The largest absolute Gasteiger partial charge is 0.488 e. The third kappa shape index (κ3) is 2.13. The molecule has 1 atom stereocenters. The van der Waals surface area contributed by atoms with E-state index in [0.717, 1.165) is 17.9 Å². The summed E-state index contributed by atoms with van der Waals surface area (Å²) in [5, 5.41) is 7.53. The van der Waals surface area contributed by atoms with Crippen molar-refractivity contribution in [2.75, 3.05) is 6.54 Å². The van der Waals surface area contributed by atoms with Gasteiger partial charge in [0.05, 0.1) is 13.1 Å². The van der Waals surface area contributed by atoms with E-state index in [1.165, 1.54) is 16.8 Å². The van der Waals surface area contributed by atoms with Crippen LogP contribution >= 0.6 is 0 Å². The first kappa shape index (κ1) is 12.6. The Morgan fingerprint density at radius 2 is 2.38 bits per heavy atom. The molecule has 4 rings (SSSR count). The van der Waals surface area contributed by atoms with Crippen molar-refractivity contribution in [3.8, 4) is 5.75 Å². The molecule has 2 aliphatic rings. The summed E-state index contributed by atoms with van der Waals surface area (Å²) in [6, 6.07) is 4.50. The summed E-state index contributed by atoms with van der Waals surface area (Å²) in [6.45, 7) is 2.42. The molecule has 0 saturated heterocycles. The van der Waals surface area contributed by atoms with Crippen LogP contribution in [0.2, 0.25) is 0 Å². The van der Waals surface area contributed by atoms with Crippen molar-refractivity contribution in [3.63, 3.8) is 0 Å². The maximum atomic E-state index is 13.2. The smallest absolute Gasteiger partial charge is 0.346 e. The molecule has 1 unspecified atom stereocenters. The molecule has 1 N–H and O–H groups in total. The average Bonchev–Trinajstić information content (AvgIpc) is 3.01. The third-order valence-corrected chi connectivity index (χ3v) is 3.94. The lowest BCUT2D eigenvalue weighted by molar-refractivity contribution is 0.201. The van der Waals surface area contributed by atoms with E-state index in [2.05, 4.69) is 10.4 Å². The summed E-state index contributed by atoms with van der Waals surface area (Å²) >= 11 is 0. The highest BCUT2D eigenvalue weighted by Gasteiger charge is 2.26. The van der Waals surface area contributed by atoms with Crippen LogP contribution in [0.4, 0.5) is 4.39 Å². The van der Waals surface area contributed by atoms with Crippen molar-refractivity contribution in [2.24, 2.45) is 0 Å². The predicted octanol–water partition coefficient (Wildman–Crippen LogP) is 0.291. The van der Waals surface area contributed by atoms with Gasteiger partial charge >= 0.3 is 5.69 Å². The minimum absolute atomic E-state index is 0.0998. The van der Waals surface area contributed by atoms with Crippen molar-refractivity contribution >= 4 is 0 Å². The van der Waals surface area contributed by atoms with Crippen LogP contribution in [0.25, 0.3) is 0 Å². The Balaban J connectivity index is 1.56. The highest BCUT2D eigenvalue weighted by Crippen LogP contribution is 2.29. The Morgan fingerprint density at radius 3 is 3.24 bits per heavy atom. The van der Waals surface area contributed by atoms with Crippen molar-refractivity contribution < 1.29 is 9.13 Å². The molecule has 0 spiro atoms.